The number of hydrogen-bond acceptors (Lipinski definition) is 4. The van der Waals surface area contributed by atoms with Crippen molar-refractivity contribution in [2.75, 3.05) is 13.2 Å². The predicted octanol–water partition coefficient (Wildman–Crippen LogP) is 0.408. The van der Waals surface area contributed by atoms with Crippen LogP contribution in [0.3, 0.4) is 0 Å². The van der Waals surface area contributed by atoms with Crippen LogP contribution in [0, 0.1) is 0 Å². The van der Waals surface area contributed by atoms with E-state index in [2.05, 4.69) is 11.7 Å². The fourth-order valence-corrected chi connectivity index (χ4v) is 0.943. The maximum Gasteiger partial charge on any atom is 0.330 e. The van der Waals surface area contributed by atoms with E-state index in [1.54, 1.807) is 6.92 Å². The minimum absolute atomic E-state index is 0.0818. The van der Waals surface area contributed by atoms with E-state index in [4.69, 9.17) is 9.47 Å². The van der Waals surface area contributed by atoms with Gasteiger partial charge in [0.15, 0.2) is 0 Å². The number of nitrogens with zero attached hydrogens (tertiary/aromatic N) is 1. The highest BCUT2D eigenvalue weighted by Gasteiger charge is 2.22. The molecule has 0 N–H and O–H groups in total. The van der Waals surface area contributed by atoms with Crippen molar-refractivity contribution in [2.45, 2.75) is 25.5 Å². The summed E-state index contributed by atoms with van der Waals surface area (Å²) in [6, 6.07) is -0.467. The van der Waals surface area contributed by atoms with Crippen LogP contribution in [0.2, 0.25) is 0 Å². The lowest BCUT2D eigenvalue weighted by Gasteiger charge is -2.11. The summed E-state index contributed by atoms with van der Waals surface area (Å²) in [5, 5.41) is 0. The molecule has 1 rings (SSSR count). The normalized spacial score (nSPS) is 24.9. The molecule has 1 fully saturated rings. The van der Waals surface area contributed by atoms with E-state index in [9.17, 15) is 4.79 Å². The zero-order valence-electron chi connectivity index (χ0n) is 7.16. The highest BCUT2D eigenvalue weighted by molar-refractivity contribution is 5.76. The number of carbonyl (C=O) groups excluding carboxylic acids is 1. The number of ether oxygens (including phenoxy) is 2. The molecule has 0 bridgehead atoms. The number of rotatable bonds is 3. The molecule has 0 spiro atoms. The van der Waals surface area contributed by atoms with Gasteiger partial charge in [-0.3, -0.25) is 4.99 Å². The molecular formula is C8H13NO3. The van der Waals surface area contributed by atoms with Gasteiger partial charge in [0.2, 0.25) is 0 Å². The SMILES string of the molecule is C=N[C@@H](C)C(=O)O[C@H]1CCOC1. The topological polar surface area (TPSA) is 47.9 Å². The molecule has 0 amide bonds. The Hall–Kier alpha value is -0.900. The summed E-state index contributed by atoms with van der Waals surface area (Å²) in [7, 11) is 0. The molecule has 0 aromatic rings. The van der Waals surface area contributed by atoms with Crippen LogP contribution in [0.15, 0.2) is 4.99 Å². The third-order valence-corrected chi connectivity index (χ3v) is 1.79. The largest absolute Gasteiger partial charge is 0.458 e. The van der Waals surface area contributed by atoms with Crippen LogP contribution in [0.25, 0.3) is 0 Å². The maximum atomic E-state index is 11.1. The van der Waals surface area contributed by atoms with Gasteiger partial charge in [-0.1, -0.05) is 0 Å². The second-order valence-corrected chi connectivity index (χ2v) is 2.78. The molecule has 4 nitrogen and oxygen atoms in total. The first kappa shape index (κ1) is 9.19. The molecule has 2 atom stereocenters. The van der Waals surface area contributed by atoms with Crippen molar-refractivity contribution in [2.24, 2.45) is 4.99 Å². The van der Waals surface area contributed by atoms with Gasteiger partial charge in [-0.25, -0.2) is 4.79 Å². The van der Waals surface area contributed by atoms with Crippen LogP contribution in [0.4, 0.5) is 0 Å². The average Bonchev–Trinajstić information content (AvgIpc) is 2.55. The highest BCUT2D eigenvalue weighted by atomic mass is 16.6. The Kier molecular flexibility index (Phi) is 3.22. The van der Waals surface area contributed by atoms with Crippen molar-refractivity contribution in [3.63, 3.8) is 0 Å². The Balaban J connectivity index is 2.29. The van der Waals surface area contributed by atoms with E-state index in [1.807, 2.05) is 0 Å². The molecule has 68 valence electrons. The standard InChI is InChI=1S/C8H13NO3/c1-6(9-2)8(10)12-7-3-4-11-5-7/h6-7H,2-5H2,1H3/t6-,7-/m0/s1. The smallest absolute Gasteiger partial charge is 0.330 e. The Bertz CT molecular complexity index is 175. The van der Waals surface area contributed by atoms with Crippen molar-refractivity contribution >= 4 is 12.7 Å². The number of aliphatic imine (C=N–C) groups is 1. The van der Waals surface area contributed by atoms with Crippen LogP contribution in [-0.4, -0.2) is 38.0 Å². The van der Waals surface area contributed by atoms with Gasteiger partial charge < -0.3 is 9.47 Å². The maximum absolute atomic E-state index is 11.1. The molecule has 0 unspecified atom stereocenters. The number of carbonyl (C=O) groups is 1. The fraction of sp³-hybridized carbons (Fsp3) is 0.750. The van der Waals surface area contributed by atoms with Gasteiger partial charge >= 0.3 is 5.97 Å². The highest BCUT2D eigenvalue weighted by Crippen LogP contribution is 2.09. The van der Waals surface area contributed by atoms with Crippen LogP contribution >= 0.6 is 0 Å². The minimum Gasteiger partial charge on any atom is -0.458 e. The fourth-order valence-electron chi connectivity index (χ4n) is 0.943. The first-order chi connectivity index (χ1) is 5.74. The average molecular weight is 171 g/mol. The van der Waals surface area contributed by atoms with Crippen LogP contribution in [-0.2, 0) is 14.3 Å². The van der Waals surface area contributed by atoms with Crippen LogP contribution < -0.4 is 0 Å². The minimum atomic E-state index is -0.467. The third-order valence-electron chi connectivity index (χ3n) is 1.79. The Morgan fingerprint density at radius 3 is 3.08 bits per heavy atom. The first-order valence-electron chi connectivity index (χ1n) is 3.98. The lowest BCUT2D eigenvalue weighted by Crippen LogP contribution is -2.24. The Morgan fingerprint density at radius 2 is 2.58 bits per heavy atom. The summed E-state index contributed by atoms with van der Waals surface area (Å²) in [4.78, 5) is 14.7. The van der Waals surface area contributed by atoms with Crippen molar-refractivity contribution in [3.8, 4) is 0 Å². The van der Waals surface area contributed by atoms with Crippen molar-refractivity contribution in [1.82, 2.24) is 0 Å². The van der Waals surface area contributed by atoms with Gasteiger partial charge in [0.1, 0.15) is 12.1 Å². The Morgan fingerprint density at radius 1 is 1.83 bits per heavy atom. The Labute approximate surface area is 71.6 Å². The summed E-state index contributed by atoms with van der Waals surface area (Å²) in [6.45, 7) is 6.12. The van der Waals surface area contributed by atoms with Gasteiger partial charge in [-0.15, -0.1) is 0 Å². The monoisotopic (exact) mass is 171 g/mol. The molecule has 0 aromatic carbocycles. The summed E-state index contributed by atoms with van der Waals surface area (Å²) < 4.78 is 10.1. The molecule has 0 aromatic heterocycles. The second kappa shape index (κ2) is 4.21. The molecule has 1 aliphatic heterocycles. The molecule has 1 aliphatic rings. The van der Waals surface area contributed by atoms with Gasteiger partial charge in [0.25, 0.3) is 0 Å². The van der Waals surface area contributed by atoms with Gasteiger partial charge in [-0.05, 0) is 13.6 Å². The van der Waals surface area contributed by atoms with Gasteiger partial charge in [-0.2, -0.15) is 0 Å². The lowest BCUT2D eigenvalue weighted by atomic mass is 10.3. The van der Waals surface area contributed by atoms with Crippen LogP contribution in [0.5, 0.6) is 0 Å². The molecule has 1 saturated heterocycles. The van der Waals surface area contributed by atoms with E-state index in [1.165, 1.54) is 0 Å². The molecule has 4 heteroatoms. The van der Waals surface area contributed by atoms with Gasteiger partial charge in [0.05, 0.1) is 13.2 Å². The van der Waals surface area contributed by atoms with E-state index in [-0.39, 0.29) is 12.1 Å². The van der Waals surface area contributed by atoms with Crippen molar-refractivity contribution < 1.29 is 14.3 Å². The summed E-state index contributed by atoms with van der Waals surface area (Å²) in [5.41, 5.74) is 0. The summed E-state index contributed by atoms with van der Waals surface area (Å²) >= 11 is 0. The van der Waals surface area contributed by atoms with E-state index in [0.29, 0.717) is 13.2 Å². The number of esters is 1. The van der Waals surface area contributed by atoms with E-state index in [0.717, 1.165) is 6.42 Å². The van der Waals surface area contributed by atoms with Crippen molar-refractivity contribution in [3.05, 3.63) is 0 Å². The molecule has 12 heavy (non-hydrogen) atoms. The van der Waals surface area contributed by atoms with Gasteiger partial charge in [0, 0.05) is 6.42 Å². The van der Waals surface area contributed by atoms with E-state index >= 15 is 0 Å². The summed E-state index contributed by atoms with van der Waals surface area (Å²) in [5.74, 6) is -0.319. The lowest BCUT2D eigenvalue weighted by molar-refractivity contribution is -0.150. The summed E-state index contributed by atoms with van der Waals surface area (Å²) in [6.07, 6.45) is 0.706. The molecule has 0 radical (unpaired) electrons. The predicted molar refractivity (Wildman–Crippen MR) is 44.3 cm³/mol. The molecule has 0 aliphatic carbocycles. The van der Waals surface area contributed by atoms with Crippen LogP contribution in [0.1, 0.15) is 13.3 Å². The number of hydrogen-bond donors (Lipinski definition) is 0. The molecule has 1 heterocycles. The zero-order chi connectivity index (χ0) is 8.97. The quantitative estimate of drug-likeness (QED) is 0.456. The molecule has 0 saturated carbocycles. The second-order valence-electron chi connectivity index (χ2n) is 2.78. The van der Waals surface area contributed by atoms with Crippen molar-refractivity contribution in [1.29, 1.82) is 0 Å². The molecular weight excluding hydrogens is 158 g/mol. The first-order valence-corrected chi connectivity index (χ1v) is 3.98. The third kappa shape index (κ3) is 2.30. The zero-order valence-corrected chi connectivity index (χ0v) is 7.16. The van der Waals surface area contributed by atoms with E-state index < -0.39 is 6.04 Å².